The van der Waals surface area contributed by atoms with E-state index in [-0.39, 0.29) is 10.9 Å². The molecule has 0 spiro atoms. The fourth-order valence-corrected chi connectivity index (χ4v) is 1.50. The summed E-state index contributed by atoms with van der Waals surface area (Å²) in [5, 5.41) is 2.82. The highest BCUT2D eigenvalue weighted by atomic mass is 32.1. The van der Waals surface area contributed by atoms with Crippen LogP contribution in [0, 0.1) is 6.92 Å². The molecule has 92 valence electrons. The Hall–Kier alpha value is -1.49. The number of nitrogens with two attached hydrogens (primary N) is 1. The number of pyridine rings is 1. The van der Waals surface area contributed by atoms with Gasteiger partial charge in [0, 0.05) is 5.69 Å². The number of aryl methyl sites for hydroxylation is 1. The van der Waals surface area contributed by atoms with E-state index in [1.807, 2.05) is 26.8 Å². The monoisotopic (exact) mass is 251 g/mol. The van der Waals surface area contributed by atoms with Crippen LogP contribution in [0.5, 0.6) is 0 Å². The maximum absolute atomic E-state index is 12.0. The Bertz CT molecular complexity index is 447. The Morgan fingerprint density at radius 1 is 1.59 bits per heavy atom. The van der Waals surface area contributed by atoms with Gasteiger partial charge in [-0.3, -0.25) is 4.79 Å². The second-order valence-corrected chi connectivity index (χ2v) is 4.61. The summed E-state index contributed by atoms with van der Waals surface area (Å²) in [6, 6.07) is 5.29. The van der Waals surface area contributed by atoms with E-state index >= 15 is 0 Å². The number of nitrogens with one attached hydrogen (secondary N) is 1. The molecular formula is C12H17N3OS. The van der Waals surface area contributed by atoms with E-state index in [0.29, 0.717) is 12.1 Å². The first-order chi connectivity index (χ1) is 7.89. The van der Waals surface area contributed by atoms with Crippen LogP contribution in [0.15, 0.2) is 18.2 Å². The number of hydrogen-bond donors (Lipinski definition) is 2. The van der Waals surface area contributed by atoms with Crippen molar-refractivity contribution in [3.63, 3.8) is 0 Å². The molecule has 1 unspecified atom stereocenters. The van der Waals surface area contributed by atoms with Crippen molar-refractivity contribution in [2.75, 3.05) is 0 Å². The molecule has 0 fully saturated rings. The van der Waals surface area contributed by atoms with Crippen molar-refractivity contribution < 1.29 is 4.79 Å². The average molecular weight is 251 g/mol. The van der Waals surface area contributed by atoms with Crippen LogP contribution in [0.4, 0.5) is 0 Å². The van der Waals surface area contributed by atoms with Crippen LogP contribution >= 0.6 is 12.2 Å². The number of amides is 1. The van der Waals surface area contributed by atoms with Gasteiger partial charge in [0.05, 0.1) is 10.5 Å². The van der Waals surface area contributed by atoms with Gasteiger partial charge in [0.2, 0.25) is 0 Å². The smallest absolute Gasteiger partial charge is 0.270 e. The molecule has 1 rings (SSSR count). The second-order valence-electron chi connectivity index (χ2n) is 4.17. The molecule has 0 aliphatic rings. The predicted molar refractivity (Wildman–Crippen MR) is 71.9 cm³/mol. The van der Waals surface area contributed by atoms with Gasteiger partial charge in [-0.15, -0.1) is 0 Å². The number of hydrogen-bond acceptors (Lipinski definition) is 3. The normalized spacial score (nSPS) is 13.8. The number of nitrogens with zero attached hydrogens (tertiary/aromatic N) is 1. The van der Waals surface area contributed by atoms with Gasteiger partial charge in [-0.05, 0) is 32.4 Å². The third-order valence-corrected chi connectivity index (χ3v) is 3.21. The van der Waals surface area contributed by atoms with E-state index in [4.69, 9.17) is 18.0 Å². The Morgan fingerprint density at radius 3 is 2.71 bits per heavy atom. The summed E-state index contributed by atoms with van der Waals surface area (Å²) in [7, 11) is 0. The van der Waals surface area contributed by atoms with Crippen molar-refractivity contribution in [1.82, 2.24) is 10.3 Å². The van der Waals surface area contributed by atoms with Crippen LogP contribution in [0.2, 0.25) is 0 Å². The minimum atomic E-state index is -0.669. The summed E-state index contributed by atoms with van der Waals surface area (Å²) < 4.78 is 0. The van der Waals surface area contributed by atoms with Crippen molar-refractivity contribution in [2.24, 2.45) is 5.73 Å². The molecule has 5 heteroatoms. The minimum absolute atomic E-state index is 0.258. The topological polar surface area (TPSA) is 68.0 Å². The summed E-state index contributed by atoms with van der Waals surface area (Å²) in [6.07, 6.45) is 0.639. The van der Waals surface area contributed by atoms with Crippen LogP contribution < -0.4 is 11.1 Å². The summed E-state index contributed by atoms with van der Waals surface area (Å²) >= 11 is 4.97. The summed E-state index contributed by atoms with van der Waals surface area (Å²) in [4.78, 5) is 16.4. The third kappa shape index (κ3) is 3.23. The van der Waals surface area contributed by atoms with Gasteiger partial charge in [-0.2, -0.15) is 0 Å². The van der Waals surface area contributed by atoms with Crippen molar-refractivity contribution >= 4 is 23.1 Å². The van der Waals surface area contributed by atoms with Crippen LogP contribution in [0.1, 0.15) is 36.5 Å². The molecule has 3 N–H and O–H groups in total. The summed E-state index contributed by atoms with van der Waals surface area (Å²) in [5.74, 6) is -0.258. The standard InChI is InChI=1S/C12H17N3OS/c1-4-12(3,11(13)17)15-10(16)9-7-5-6-8(2)14-9/h5-7H,4H2,1-3H3,(H2,13,17)(H,15,16). The zero-order chi connectivity index (χ0) is 13.1. The van der Waals surface area contributed by atoms with Gasteiger partial charge < -0.3 is 11.1 Å². The van der Waals surface area contributed by atoms with E-state index < -0.39 is 5.54 Å². The first-order valence-electron chi connectivity index (χ1n) is 5.45. The molecule has 1 heterocycles. The largest absolute Gasteiger partial charge is 0.391 e. The number of rotatable bonds is 4. The molecule has 1 atom stereocenters. The second kappa shape index (κ2) is 5.23. The lowest BCUT2D eigenvalue weighted by atomic mass is 9.99. The fourth-order valence-electron chi connectivity index (χ4n) is 1.31. The Kier molecular flexibility index (Phi) is 4.17. The zero-order valence-corrected chi connectivity index (χ0v) is 11.1. The maximum Gasteiger partial charge on any atom is 0.270 e. The molecule has 4 nitrogen and oxygen atoms in total. The molecule has 0 radical (unpaired) electrons. The van der Waals surface area contributed by atoms with Gasteiger partial charge >= 0.3 is 0 Å². The summed E-state index contributed by atoms with van der Waals surface area (Å²) in [5.41, 5.74) is 6.14. The Labute approximate surface area is 107 Å². The molecule has 1 aromatic heterocycles. The van der Waals surface area contributed by atoms with Gasteiger partial charge in [0.1, 0.15) is 5.69 Å². The van der Waals surface area contributed by atoms with Gasteiger partial charge in [-0.25, -0.2) is 4.98 Å². The number of aromatic nitrogens is 1. The minimum Gasteiger partial charge on any atom is -0.391 e. The highest BCUT2D eigenvalue weighted by Crippen LogP contribution is 2.11. The molecule has 1 aromatic rings. The van der Waals surface area contributed by atoms with Gasteiger partial charge in [0.15, 0.2) is 0 Å². The molecule has 0 aliphatic heterocycles. The van der Waals surface area contributed by atoms with Crippen LogP contribution in [-0.2, 0) is 0 Å². The summed E-state index contributed by atoms with van der Waals surface area (Å²) in [6.45, 7) is 5.56. The quantitative estimate of drug-likeness (QED) is 0.797. The fraction of sp³-hybridized carbons (Fsp3) is 0.417. The van der Waals surface area contributed by atoms with Crippen molar-refractivity contribution in [2.45, 2.75) is 32.7 Å². The Balaban J connectivity index is 2.89. The molecule has 1 amide bonds. The lowest BCUT2D eigenvalue weighted by Gasteiger charge is -2.28. The molecule has 0 saturated heterocycles. The Morgan fingerprint density at radius 2 is 2.24 bits per heavy atom. The highest BCUT2D eigenvalue weighted by Gasteiger charge is 2.28. The third-order valence-electron chi connectivity index (χ3n) is 2.76. The predicted octanol–water partition coefficient (Wildman–Crippen LogP) is 1.57. The lowest BCUT2D eigenvalue weighted by molar-refractivity contribution is 0.0921. The van der Waals surface area contributed by atoms with Crippen molar-refractivity contribution in [3.8, 4) is 0 Å². The molecular weight excluding hydrogens is 234 g/mol. The van der Waals surface area contributed by atoms with Crippen molar-refractivity contribution in [3.05, 3.63) is 29.6 Å². The van der Waals surface area contributed by atoms with E-state index in [2.05, 4.69) is 10.3 Å². The van der Waals surface area contributed by atoms with E-state index in [9.17, 15) is 4.79 Å². The van der Waals surface area contributed by atoms with Gasteiger partial charge in [-0.1, -0.05) is 25.2 Å². The lowest BCUT2D eigenvalue weighted by Crippen LogP contribution is -2.54. The van der Waals surface area contributed by atoms with E-state index in [1.165, 1.54) is 0 Å². The first kappa shape index (κ1) is 13.6. The highest BCUT2D eigenvalue weighted by molar-refractivity contribution is 7.80. The SMILES string of the molecule is CCC(C)(NC(=O)c1cccc(C)n1)C(N)=S. The average Bonchev–Trinajstić information content (AvgIpc) is 2.28. The molecule has 0 saturated carbocycles. The maximum atomic E-state index is 12.0. The van der Waals surface area contributed by atoms with Crippen LogP contribution in [0.25, 0.3) is 0 Å². The van der Waals surface area contributed by atoms with Crippen molar-refractivity contribution in [1.29, 1.82) is 0 Å². The molecule has 0 bridgehead atoms. The van der Waals surface area contributed by atoms with Crippen LogP contribution in [0.3, 0.4) is 0 Å². The molecule has 0 aromatic carbocycles. The number of thiocarbonyl (C=S) groups is 1. The molecule has 0 aliphatic carbocycles. The molecule has 17 heavy (non-hydrogen) atoms. The van der Waals surface area contributed by atoms with Crippen LogP contribution in [-0.4, -0.2) is 21.4 Å². The van der Waals surface area contributed by atoms with Gasteiger partial charge in [0.25, 0.3) is 5.91 Å². The first-order valence-corrected chi connectivity index (χ1v) is 5.86. The van der Waals surface area contributed by atoms with E-state index in [0.717, 1.165) is 5.69 Å². The number of carbonyl (C=O) groups excluding carboxylic acids is 1. The zero-order valence-electron chi connectivity index (χ0n) is 10.3. The van der Waals surface area contributed by atoms with E-state index in [1.54, 1.807) is 12.1 Å². The number of carbonyl (C=O) groups is 1.